The molecule has 0 unspecified atom stereocenters. The van der Waals surface area contributed by atoms with Crippen molar-refractivity contribution in [3.05, 3.63) is 64.2 Å². The van der Waals surface area contributed by atoms with E-state index in [-0.39, 0.29) is 11.9 Å². The number of aryl methyl sites for hydroxylation is 2. The summed E-state index contributed by atoms with van der Waals surface area (Å²) in [6.45, 7) is 8.02. The topological polar surface area (TPSA) is 38.3 Å². The fourth-order valence-electron chi connectivity index (χ4n) is 2.71. The number of amides is 1. The van der Waals surface area contributed by atoms with E-state index in [1.165, 1.54) is 11.1 Å². The van der Waals surface area contributed by atoms with Crippen molar-refractivity contribution in [3.8, 4) is 5.75 Å². The highest BCUT2D eigenvalue weighted by Crippen LogP contribution is 2.25. The Morgan fingerprint density at radius 1 is 1.21 bits per heavy atom. The molecule has 0 spiro atoms. The Hall–Kier alpha value is -2.00. The fraction of sp³-hybridized carbons (Fsp3) is 0.350. The van der Waals surface area contributed by atoms with Gasteiger partial charge in [-0.3, -0.25) is 4.79 Å². The molecule has 2 atom stereocenters. The standard InChI is InChI=1S/C20H24ClNO2/c1-5-18(24-19-9-7-6-8-17(19)21)20(23)22-15(4)16-11-10-13(2)12-14(16)3/h6-12,15,18H,5H2,1-4H3,(H,22,23)/t15-,18+/m1/s1. The maximum absolute atomic E-state index is 12.6. The van der Waals surface area contributed by atoms with Gasteiger partial charge in [-0.05, 0) is 50.5 Å². The van der Waals surface area contributed by atoms with Crippen LogP contribution in [-0.2, 0) is 4.79 Å². The molecule has 0 fully saturated rings. The number of halogens is 1. The Balaban J connectivity index is 2.07. The molecule has 0 saturated heterocycles. The molecule has 24 heavy (non-hydrogen) atoms. The molecule has 0 aliphatic carbocycles. The molecule has 0 aliphatic rings. The summed E-state index contributed by atoms with van der Waals surface area (Å²) in [6.07, 6.45) is -0.00507. The largest absolute Gasteiger partial charge is 0.479 e. The maximum atomic E-state index is 12.6. The molecule has 1 amide bonds. The second-order valence-corrected chi connectivity index (χ2v) is 6.44. The van der Waals surface area contributed by atoms with Crippen molar-refractivity contribution in [2.45, 2.75) is 46.3 Å². The number of hydrogen-bond acceptors (Lipinski definition) is 2. The van der Waals surface area contributed by atoms with E-state index in [1.807, 2.05) is 26.0 Å². The zero-order valence-corrected chi connectivity index (χ0v) is 15.4. The third-order valence-electron chi connectivity index (χ3n) is 4.02. The van der Waals surface area contributed by atoms with Crippen LogP contribution in [0.15, 0.2) is 42.5 Å². The molecule has 0 saturated carbocycles. The summed E-state index contributed by atoms with van der Waals surface area (Å²) in [6, 6.07) is 13.3. The number of benzene rings is 2. The molecule has 0 radical (unpaired) electrons. The molecule has 0 heterocycles. The summed E-state index contributed by atoms with van der Waals surface area (Å²) in [5.74, 6) is 0.394. The van der Waals surface area contributed by atoms with E-state index in [0.29, 0.717) is 17.2 Å². The molecule has 0 aromatic heterocycles. The van der Waals surface area contributed by atoms with Gasteiger partial charge in [-0.2, -0.15) is 0 Å². The van der Waals surface area contributed by atoms with E-state index in [9.17, 15) is 4.79 Å². The van der Waals surface area contributed by atoms with Gasteiger partial charge in [0.25, 0.3) is 5.91 Å². The first-order chi connectivity index (χ1) is 11.4. The van der Waals surface area contributed by atoms with Gasteiger partial charge in [0.2, 0.25) is 0 Å². The highest BCUT2D eigenvalue weighted by molar-refractivity contribution is 6.32. The Labute approximate surface area is 149 Å². The minimum Gasteiger partial charge on any atom is -0.479 e. The van der Waals surface area contributed by atoms with Crippen molar-refractivity contribution in [2.24, 2.45) is 0 Å². The summed E-state index contributed by atoms with van der Waals surface area (Å²) in [4.78, 5) is 12.6. The van der Waals surface area contributed by atoms with Gasteiger partial charge >= 0.3 is 0 Å². The van der Waals surface area contributed by atoms with Crippen molar-refractivity contribution in [2.75, 3.05) is 0 Å². The van der Waals surface area contributed by atoms with E-state index in [1.54, 1.807) is 12.1 Å². The molecule has 2 aromatic carbocycles. The van der Waals surface area contributed by atoms with Crippen LogP contribution in [0.4, 0.5) is 0 Å². The van der Waals surface area contributed by atoms with Gasteiger partial charge < -0.3 is 10.1 Å². The Morgan fingerprint density at radius 3 is 2.54 bits per heavy atom. The fourth-order valence-corrected chi connectivity index (χ4v) is 2.89. The first-order valence-corrected chi connectivity index (χ1v) is 8.59. The van der Waals surface area contributed by atoms with Gasteiger partial charge in [0.05, 0.1) is 11.1 Å². The van der Waals surface area contributed by atoms with Gasteiger partial charge in [-0.1, -0.05) is 54.4 Å². The summed E-state index contributed by atoms with van der Waals surface area (Å²) >= 11 is 6.11. The quantitative estimate of drug-likeness (QED) is 0.800. The van der Waals surface area contributed by atoms with Gasteiger partial charge in [0.15, 0.2) is 6.10 Å². The molecular weight excluding hydrogens is 322 g/mol. The minimum atomic E-state index is -0.571. The van der Waals surface area contributed by atoms with Crippen LogP contribution in [0.5, 0.6) is 5.75 Å². The van der Waals surface area contributed by atoms with Crippen molar-refractivity contribution in [1.82, 2.24) is 5.32 Å². The van der Waals surface area contributed by atoms with Gasteiger partial charge in [-0.15, -0.1) is 0 Å². The van der Waals surface area contributed by atoms with Crippen molar-refractivity contribution in [1.29, 1.82) is 0 Å². The highest BCUT2D eigenvalue weighted by atomic mass is 35.5. The van der Waals surface area contributed by atoms with Gasteiger partial charge in [0.1, 0.15) is 5.75 Å². The van der Waals surface area contributed by atoms with Crippen LogP contribution >= 0.6 is 11.6 Å². The van der Waals surface area contributed by atoms with Crippen LogP contribution in [0.25, 0.3) is 0 Å². The van der Waals surface area contributed by atoms with Crippen LogP contribution in [0.3, 0.4) is 0 Å². The summed E-state index contributed by atoms with van der Waals surface area (Å²) < 4.78 is 5.80. The first-order valence-electron chi connectivity index (χ1n) is 8.21. The molecule has 3 nitrogen and oxygen atoms in total. The van der Waals surface area contributed by atoms with Crippen LogP contribution in [-0.4, -0.2) is 12.0 Å². The molecule has 1 N–H and O–H groups in total. The maximum Gasteiger partial charge on any atom is 0.261 e. The van der Waals surface area contributed by atoms with Crippen LogP contribution in [0, 0.1) is 13.8 Å². The van der Waals surface area contributed by atoms with E-state index >= 15 is 0 Å². The lowest BCUT2D eigenvalue weighted by Gasteiger charge is -2.22. The number of para-hydroxylation sites is 1. The van der Waals surface area contributed by atoms with Crippen LogP contribution in [0.1, 0.15) is 43.0 Å². The molecular formula is C20H24ClNO2. The zero-order chi connectivity index (χ0) is 17.7. The predicted octanol–water partition coefficient (Wildman–Crippen LogP) is 4.99. The second-order valence-electron chi connectivity index (χ2n) is 6.04. The molecule has 0 bridgehead atoms. The van der Waals surface area contributed by atoms with E-state index in [0.717, 1.165) is 5.56 Å². The van der Waals surface area contributed by atoms with Gasteiger partial charge in [0, 0.05) is 0 Å². The first kappa shape index (κ1) is 18.3. The number of hydrogen-bond donors (Lipinski definition) is 1. The average Bonchev–Trinajstić information content (AvgIpc) is 2.53. The third-order valence-corrected chi connectivity index (χ3v) is 4.33. The normalized spacial score (nSPS) is 13.2. The Kier molecular flexibility index (Phi) is 6.27. The van der Waals surface area contributed by atoms with E-state index in [4.69, 9.17) is 16.3 Å². The lowest BCUT2D eigenvalue weighted by molar-refractivity contribution is -0.128. The number of rotatable bonds is 6. The summed E-state index contributed by atoms with van der Waals surface area (Å²) in [5, 5.41) is 3.55. The predicted molar refractivity (Wildman–Crippen MR) is 98.6 cm³/mol. The number of ether oxygens (including phenoxy) is 1. The summed E-state index contributed by atoms with van der Waals surface area (Å²) in [5.41, 5.74) is 3.49. The van der Waals surface area contributed by atoms with Gasteiger partial charge in [-0.25, -0.2) is 0 Å². The second kappa shape index (κ2) is 8.20. The minimum absolute atomic E-state index is 0.0815. The molecule has 4 heteroatoms. The smallest absolute Gasteiger partial charge is 0.261 e. The van der Waals surface area contributed by atoms with Crippen molar-refractivity contribution in [3.63, 3.8) is 0 Å². The van der Waals surface area contributed by atoms with Crippen molar-refractivity contribution < 1.29 is 9.53 Å². The number of carbonyl (C=O) groups is 1. The number of carbonyl (C=O) groups excluding carboxylic acids is 1. The molecule has 2 rings (SSSR count). The SMILES string of the molecule is CC[C@H](Oc1ccccc1Cl)C(=O)N[C@H](C)c1ccc(C)cc1C. The van der Waals surface area contributed by atoms with Crippen molar-refractivity contribution >= 4 is 17.5 Å². The lowest BCUT2D eigenvalue weighted by atomic mass is 10.00. The molecule has 2 aromatic rings. The zero-order valence-electron chi connectivity index (χ0n) is 14.6. The Bertz CT molecular complexity index is 715. The summed E-state index contributed by atoms with van der Waals surface area (Å²) in [7, 11) is 0. The Morgan fingerprint density at radius 2 is 1.92 bits per heavy atom. The van der Waals surface area contributed by atoms with E-state index in [2.05, 4.69) is 37.4 Å². The number of nitrogens with one attached hydrogen (secondary N) is 1. The van der Waals surface area contributed by atoms with E-state index < -0.39 is 6.10 Å². The molecule has 128 valence electrons. The third kappa shape index (κ3) is 4.51. The lowest BCUT2D eigenvalue weighted by Crippen LogP contribution is -2.39. The average molecular weight is 346 g/mol. The monoisotopic (exact) mass is 345 g/mol. The highest BCUT2D eigenvalue weighted by Gasteiger charge is 2.22. The van der Waals surface area contributed by atoms with Crippen LogP contribution in [0.2, 0.25) is 5.02 Å². The molecule has 0 aliphatic heterocycles. The van der Waals surface area contributed by atoms with Crippen LogP contribution < -0.4 is 10.1 Å².